The number of rotatable bonds is 3. The Morgan fingerprint density at radius 3 is 2.67 bits per heavy atom. The Bertz CT molecular complexity index is 616. The molecule has 0 atom stereocenters. The number of aromatic hydroxyl groups is 1. The van der Waals surface area contributed by atoms with Gasteiger partial charge in [-0.2, -0.15) is 4.98 Å². The van der Waals surface area contributed by atoms with Gasteiger partial charge in [0.05, 0.1) is 12.7 Å². The van der Waals surface area contributed by atoms with Gasteiger partial charge >= 0.3 is 0 Å². The number of ether oxygens (including phenoxy) is 1. The molecule has 2 aromatic rings. The monoisotopic (exact) mass is 288 g/mol. The van der Waals surface area contributed by atoms with Crippen molar-refractivity contribution in [3.8, 4) is 23.0 Å². The summed E-state index contributed by atoms with van der Waals surface area (Å²) >= 11 is 0. The van der Waals surface area contributed by atoms with Crippen molar-refractivity contribution in [2.24, 2.45) is 5.92 Å². The lowest BCUT2D eigenvalue weighted by Gasteiger charge is -2.23. The van der Waals surface area contributed by atoms with Crippen LogP contribution in [0.2, 0.25) is 0 Å². The van der Waals surface area contributed by atoms with Gasteiger partial charge < -0.3 is 14.4 Å². The maximum absolute atomic E-state index is 10.0. The SMILES string of the molecule is COc1ccc(-c2nc(C3CCC(C)CC3)no2)c(O)c1. The van der Waals surface area contributed by atoms with E-state index >= 15 is 0 Å². The van der Waals surface area contributed by atoms with Gasteiger partial charge in [-0.3, -0.25) is 0 Å². The predicted molar refractivity (Wildman–Crippen MR) is 78.3 cm³/mol. The number of nitrogens with zero attached hydrogens (tertiary/aromatic N) is 2. The minimum absolute atomic E-state index is 0.0850. The normalized spacial score (nSPS) is 22.2. The minimum Gasteiger partial charge on any atom is -0.507 e. The fourth-order valence-electron chi connectivity index (χ4n) is 2.85. The highest BCUT2D eigenvalue weighted by Crippen LogP contribution is 2.36. The molecule has 21 heavy (non-hydrogen) atoms. The summed E-state index contributed by atoms with van der Waals surface area (Å²) in [6, 6.07) is 5.04. The fourth-order valence-corrected chi connectivity index (χ4v) is 2.85. The lowest BCUT2D eigenvalue weighted by Crippen LogP contribution is -2.11. The Morgan fingerprint density at radius 2 is 2.00 bits per heavy atom. The quantitative estimate of drug-likeness (QED) is 0.931. The maximum Gasteiger partial charge on any atom is 0.261 e. The zero-order chi connectivity index (χ0) is 14.8. The predicted octanol–water partition coefficient (Wildman–Crippen LogP) is 3.74. The van der Waals surface area contributed by atoms with Crippen LogP contribution < -0.4 is 4.74 Å². The van der Waals surface area contributed by atoms with Gasteiger partial charge in [0.1, 0.15) is 11.5 Å². The highest BCUT2D eigenvalue weighted by atomic mass is 16.5. The zero-order valence-electron chi connectivity index (χ0n) is 12.4. The number of hydrogen-bond donors (Lipinski definition) is 1. The average molecular weight is 288 g/mol. The molecule has 0 radical (unpaired) electrons. The van der Waals surface area contributed by atoms with Crippen LogP contribution in [0.5, 0.6) is 11.5 Å². The van der Waals surface area contributed by atoms with Crippen molar-refractivity contribution in [1.29, 1.82) is 0 Å². The molecule has 5 heteroatoms. The van der Waals surface area contributed by atoms with Crippen LogP contribution in [0.15, 0.2) is 22.7 Å². The van der Waals surface area contributed by atoms with Crippen LogP contribution in [-0.2, 0) is 0 Å². The van der Waals surface area contributed by atoms with Crippen LogP contribution in [0.25, 0.3) is 11.5 Å². The second kappa shape index (κ2) is 5.76. The van der Waals surface area contributed by atoms with Gasteiger partial charge in [-0.1, -0.05) is 24.9 Å². The Hall–Kier alpha value is -2.04. The van der Waals surface area contributed by atoms with Gasteiger partial charge in [0.2, 0.25) is 0 Å². The number of hydrogen-bond acceptors (Lipinski definition) is 5. The standard InChI is InChI=1S/C16H20N2O3/c1-10-3-5-11(6-4-10)15-17-16(21-18-15)13-8-7-12(20-2)9-14(13)19/h7-11,19H,3-6H2,1-2H3. The van der Waals surface area contributed by atoms with Crippen molar-refractivity contribution in [2.75, 3.05) is 7.11 Å². The van der Waals surface area contributed by atoms with Crippen LogP contribution in [0.3, 0.4) is 0 Å². The van der Waals surface area contributed by atoms with Crippen molar-refractivity contribution < 1.29 is 14.4 Å². The lowest BCUT2D eigenvalue weighted by molar-refractivity contribution is 0.328. The molecular weight excluding hydrogens is 268 g/mol. The van der Waals surface area contributed by atoms with Gasteiger partial charge in [0.25, 0.3) is 5.89 Å². The average Bonchev–Trinajstić information content (AvgIpc) is 2.97. The molecule has 0 unspecified atom stereocenters. The molecule has 1 fully saturated rings. The Morgan fingerprint density at radius 1 is 1.24 bits per heavy atom. The van der Waals surface area contributed by atoms with Crippen molar-refractivity contribution in [1.82, 2.24) is 10.1 Å². The summed E-state index contributed by atoms with van der Waals surface area (Å²) in [5.74, 6) is 2.97. The largest absolute Gasteiger partial charge is 0.507 e. The molecule has 1 heterocycles. The maximum atomic E-state index is 10.0. The number of phenols is 1. The van der Waals surface area contributed by atoms with Crippen molar-refractivity contribution >= 4 is 0 Å². The van der Waals surface area contributed by atoms with E-state index in [1.807, 2.05) is 0 Å². The van der Waals surface area contributed by atoms with Crippen LogP contribution in [0.4, 0.5) is 0 Å². The van der Waals surface area contributed by atoms with E-state index in [-0.39, 0.29) is 5.75 Å². The molecule has 1 saturated carbocycles. The molecule has 112 valence electrons. The molecule has 1 aliphatic rings. The summed E-state index contributed by atoms with van der Waals surface area (Å²) in [6.45, 7) is 2.28. The number of aromatic nitrogens is 2. The van der Waals surface area contributed by atoms with E-state index < -0.39 is 0 Å². The summed E-state index contributed by atoms with van der Waals surface area (Å²) in [5.41, 5.74) is 0.540. The summed E-state index contributed by atoms with van der Waals surface area (Å²) in [6.07, 6.45) is 4.63. The third-order valence-corrected chi connectivity index (χ3v) is 4.26. The van der Waals surface area contributed by atoms with E-state index in [4.69, 9.17) is 9.26 Å². The number of phenolic OH excluding ortho intramolecular Hbond substituents is 1. The summed E-state index contributed by atoms with van der Waals surface area (Å²) in [4.78, 5) is 4.47. The smallest absolute Gasteiger partial charge is 0.261 e. The van der Waals surface area contributed by atoms with E-state index in [0.717, 1.165) is 24.6 Å². The topological polar surface area (TPSA) is 68.4 Å². The molecule has 1 aromatic heterocycles. The highest BCUT2D eigenvalue weighted by Gasteiger charge is 2.24. The molecule has 1 aliphatic carbocycles. The Balaban J connectivity index is 1.81. The van der Waals surface area contributed by atoms with E-state index in [2.05, 4.69) is 17.1 Å². The number of benzene rings is 1. The highest BCUT2D eigenvalue weighted by molar-refractivity contribution is 5.63. The van der Waals surface area contributed by atoms with Crippen molar-refractivity contribution in [3.63, 3.8) is 0 Å². The molecule has 0 saturated heterocycles. The van der Waals surface area contributed by atoms with Crippen LogP contribution >= 0.6 is 0 Å². The van der Waals surface area contributed by atoms with Gasteiger partial charge in [-0.15, -0.1) is 0 Å². The van der Waals surface area contributed by atoms with E-state index in [0.29, 0.717) is 23.1 Å². The van der Waals surface area contributed by atoms with Gasteiger partial charge in [-0.25, -0.2) is 0 Å². The molecule has 0 aliphatic heterocycles. The second-order valence-corrected chi connectivity index (χ2v) is 5.80. The van der Waals surface area contributed by atoms with Gasteiger partial charge in [0.15, 0.2) is 5.82 Å². The van der Waals surface area contributed by atoms with Crippen LogP contribution in [0, 0.1) is 5.92 Å². The van der Waals surface area contributed by atoms with E-state index in [9.17, 15) is 5.11 Å². The van der Waals surface area contributed by atoms with Gasteiger partial charge in [0, 0.05) is 12.0 Å². The summed E-state index contributed by atoms with van der Waals surface area (Å²) < 4.78 is 10.4. The Labute approximate surface area is 123 Å². The first-order valence-corrected chi connectivity index (χ1v) is 7.38. The molecule has 3 rings (SSSR count). The van der Waals surface area contributed by atoms with Crippen LogP contribution in [-0.4, -0.2) is 22.4 Å². The molecule has 1 aromatic carbocycles. The molecule has 0 amide bonds. The minimum atomic E-state index is 0.0850. The fraction of sp³-hybridized carbons (Fsp3) is 0.500. The third kappa shape index (κ3) is 2.86. The molecule has 5 nitrogen and oxygen atoms in total. The zero-order valence-corrected chi connectivity index (χ0v) is 12.4. The Kier molecular flexibility index (Phi) is 3.82. The lowest BCUT2D eigenvalue weighted by atomic mass is 9.83. The molecular formula is C16H20N2O3. The summed E-state index contributed by atoms with van der Waals surface area (Å²) in [5, 5.41) is 14.1. The molecule has 0 bridgehead atoms. The first-order valence-electron chi connectivity index (χ1n) is 7.38. The molecule has 0 spiro atoms. The van der Waals surface area contributed by atoms with Crippen molar-refractivity contribution in [2.45, 2.75) is 38.5 Å². The first kappa shape index (κ1) is 13.9. The second-order valence-electron chi connectivity index (χ2n) is 5.80. The van der Waals surface area contributed by atoms with Crippen molar-refractivity contribution in [3.05, 3.63) is 24.0 Å². The van der Waals surface area contributed by atoms with Crippen LogP contribution in [0.1, 0.15) is 44.3 Å². The van der Waals surface area contributed by atoms with Gasteiger partial charge in [-0.05, 0) is 30.9 Å². The first-order chi connectivity index (χ1) is 10.2. The number of methoxy groups -OCH3 is 1. The summed E-state index contributed by atoms with van der Waals surface area (Å²) in [7, 11) is 1.56. The molecule has 1 N–H and O–H groups in total. The van der Waals surface area contributed by atoms with E-state index in [1.54, 1.807) is 25.3 Å². The third-order valence-electron chi connectivity index (χ3n) is 4.26. The van der Waals surface area contributed by atoms with E-state index in [1.165, 1.54) is 12.8 Å².